The number of nitrogens with zero attached hydrogens (tertiary/aromatic N) is 1. The Balaban J connectivity index is 1.94. The summed E-state index contributed by atoms with van der Waals surface area (Å²) < 4.78 is 18.0. The van der Waals surface area contributed by atoms with Gasteiger partial charge >= 0.3 is 11.9 Å². The molecule has 6 heteroatoms. The summed E-state index contributed by atoms with van der Waals surface area (Å²) in [7, 11) is 1.37. The zero-order valence-corrected chi connectivity index (χ0v) is 19.3. The van der Waals surface area contributed by atoms with Crippen LogP contribution in [0.2, 0.25) is 0 Å². The fraction of sp³-hybridized carbons (Fsp3) is 0.462. The lowest BCUT2D eigenvalue weighted by Crippen LogP contribution is -2.26. The van der Waals surface area contributed by atoms with E-state index < -0.39 is 11.6 Å². The molecule has 0 unspecified atom stereocenters. The maximum Gasteiger partial charge on any atom is 0.337 e. The van der Waals surface area contributed by atoms with Crippen LogP contribution in [0.25, 0.3) is 22.2 Å². The summed E-state index contributed by atoms with van der Waals surface area (Å²) in [5, 5.41) is 1.06. The quantitative estimate of drug-likeness (QED) is 0.453. The molecular formula is C26H31NO5. The SMILES string of the molecule is COC(=O)c1ccc2c(C3CCCCC3)c(-c3ccoc3)n(CC(=O)OC(C)(C)C)c2c1. The highest BCUT2D eigenvalue weighted by atomic mass is 16.6. The van der Waals surface area contributed by atoms with Crippen LogP contribution in [0, 0.1) is 0 Å². The van der Waals surface area contributed by atoms with E-state index in [0.717, 1.165) is 35.0 Å². The van der Waals surface area contributed by atoms with Crippen molar-refractivity contribution in [3.05, 3.63) is 47.9 Å². The third-order valence-electron chi connectivity index (χ3n) is 6.04. The van der Waals surface area contributed by atoms with Crippen molar-refractivity contribution in [2.75, 3.05) is 7.11 Å². The molecular weight excluding hydrogens is 406 g/mol. The number of furan rings is 1. The van der Waals surface area contributed by atoms with Gasteiger partial charge in [0.2, 0.25) is 0 Å². The molecule has 0 bridgehead atoms. The normalized spacial score (nSPS) is 15.1. The molecule has 2 aromatic heterocycles. The smallest absolute Gasteiger partial charge is 0.337 e. The van der Waals surface area contributed by atoms with E-state index in [1.165, 1.54) is 31.9 Å². The molecule has 32 heavy (non-hydrogen) atoms. The van der Waals surface area contributed by atoms with Gasteiger partial charge in [-0.15, -0.1) is 0 Å². The summed E-state index contributed by atoms with van der Waals surface area (Å²) in [6.07, 6.45) is 9.20. The maximum absolute atomic E-state index is 12.9. The van der Waals surface area contributed by atoms with Crippen LogP contribution in [0.3, 0.4) is 0 Å². The van der Waals surface area contributed by atoms with Crippen molar-refractivity contribution in [1.29, 1.82) is 0 Å². The average Bonchev–Trinajstić information content (AvgIpc) is 3.38. The van der Waals surface area contributed by atoms with Crippen molar-refractivity contribution in [3.63, 3.8) is 0 Å². The summed E-state index contributed by atoms with van der Waals surface area (Å²) in [4.78, 5) is 25.2. The van der Waals surface area contributed by atoms with Crippen LogP contribution in [0.4, 0.5) is 0 Å². The molecule has 0 N–H and O–H groups in total. The zero-order valence-electron chi connectivity index (χ0n) is 19.3. The van der Waals surface area contributed by atoms with Gasteiger partial charge in [-0.3, -0.25) is 4.79 Å². The molecule has 0 saturated heterocycles. The van der Waals surface area contributed by atoms with E-state index in [0.29, 0.717) is 11.5 Å². The van der Waals surface area contributed by atoms with Gasteiger partial charge in [0.05, 0.1) is 36.4 Å². The van der Waals surface area contributed by atoms with Gasteiger partial charge in [-0.2, -0.15) is 0 Å². The summed E-state index contributed by atoms with van der Waals surface area (Å²) >= 11 is 0. The first-order valence-electron chi connectivity index (χ1n) is 11.3. The second-order valence-electron chi connectivity index (χ2n) is 9.51. The predicted octanol–water partition coefficient (Wildman–Crippen LogP) is 6.08. The second kappa shape index (κ2) is 8.85. The molecule has 6 nitrogen and oxygen atoms in total. The Morgan fingerprint density at radius 1 is 1.12 bits per heavy atom. The molecule has 1 aliphatic carbocycles. The number of hydrogen-bond donors (Lipinski definition) is 0. The van der Waals surface area contributed by atoms with Crippen LogP contribution in [0.5, 0.6) is 0 Å². The Hall–Kier alpha value is -3.02. The van der Waals surface area contributed by atoms with Gasteiger partial charge in [-0.1, -0.05) is 25.3 Å². The predicted molar refractivity (Wildman–Crippen MR) is 123 cm³/mol. The van der Waals surface area contributed by atoms with Crippen LogP contribution in [0.1, 0.15) is 74.7 Å². The fourth-order valence-corrected chi connectivity index (χ4v) is 4.80. The number of esters is 2. The van der Waals surface area contributed by atoms with Crippen molar-refractivity contribution in [2.24, 2.45) is 0 Å². The average molecular weight is 438 g/mol. The number of ether oxygens (including phenoxy) is 2. The number of carbonyl (C=O) groups is 2. The van der Waals surface area contributed by atoms with Crippen molar-refractivity contribution in [2.45, 2.75) is 70.9 Å². The van der Waals surface area contributed by atoms with Crippen molar-refractivity contribution >= 4 is 22.8 Å². The van der Waals surface area contributed by atoms with Crippen LogP contribution in [-0.4, -0.2) is 29.2 Å². The molecule has 1 saturated carbocycles. The molecule has 4 rings (SSSR count). The molecule has 1 aliphatic rings. The van der Waals surface area contributed by atoms with Gasteiger partial charge in [-0.05, 0) is 63.3 Å². The summed E-state index contributed by atoms with van der Waals surface area (Å²) in [6.45, 7) is 5.63. The van der Waals surface area contributed by atoms with Gasteiger partial charge in [0.25, 0.3) is 0 Å². The highest BCUT2D eigenvalue weighted by Gasteiger charge is 2.29. The number of aromatic nitrogens is 1. The van der Waals surface area contributed by atoms with E-state index in [4.69, 9.17) is 13.9 Å². The standard InChI is InChI=1S/C26H31NO5/c1-26(2,3)32-22(28)15-27-21-14-18(25(29)30-4)10-11-20(21)23(17-8-6-5-7-9-17)24(27)19-12-13-31-16-19/h10-14,16-17H,5-9,15H2,1-4H3. The molecule has 0 spiro atoms. The number of hydrogen-bond acceptors (Lipinski definition) is 5. The van der Waals surface area contributed by atoms with E-state index in [9.17, 15) is 9.59 Å². The highest BCUT2D eigenvalue weighted by Crippen LogP contribution is 2.44. The van der Waals surface area contributed by atoms with Gasteiger partial charge in [-0.25, -0.2) is 4.79 Å². The van der Waals surface area contributed by atoms with E-state index >= 15 is 0 Å². The van der Waals surface area contributed by atoms with Crippen LogP contribution in [-0.2, 0) is 20.8 Å². The summed E-state index contributed by atoms with van der Waals surface area (Å²) in [6, 6.07) is 7.53. The molecule has 0 amide bonds. The maximum atomic E-state index is 12.9. The van der Waals surface area contributed by atoms with E-state index in [1.54, 1.807) is 18.6 Å². The number of carbonyl (C=O) groups excluding carboxylic acids is 2. The van der Waals surface area contributed by atoms with Gasteiger partial charge in [0.15, 0.2) is 0 Å². The minimum Gasteiger partial charge on any atom is -0.472 e. The van der Waals surface area contributed by atoms with Gasteiger partial charge in [0.1, 0.15) is 12.1 Å². The lowest BCUT2D eigenvalue weighted by atomic mass is 9.82. The Morgan fingerprint density at radius 2 is 1.88 bits per heavy atom. The lowest BCUT2D eigenvalue weighted by molar-refractivity contribution is -0.155. The van der Waals surface area contributed by atoms with E-state index in [1.807, 2.05) is 43.5 Å². The molecule has 0 atom stereocenters. The van der Waals surface area contributed by atoms with Crippen molar-refractivity contribution in [1.82, 2.24) is 4.57 Å². The topological polar surface area (TPSA) is 70.7 Å². The number of methoxy groups -OCH3 is 1. The summed E-state index contributed by atoms with van der Waals surface area (Å²) in [5.41, 5.74) is 3.81. The fourth-order valence-electron chi connectivity index (χ4n) is 4.80. The first kappa shape index (κ1) is 22.2. The van der Waals surface area contributed by atoms with Crippen molar-refractivity contribution < 1.29 is 23.5 Å². The largest absolute Gasteiger partial charge is 0.472 e. The minimum absolute atomic E-state index is 0.0473. The number of rotatable bonds is 5. The minimum atomic E-state index is -0.584. The number of benzene rings is 1. The molecule has 2 heterocycles. The van der Waals surface area contributed by atoms with Crippen molar-refractivity contribution in [3.8, 4) is 11.3 Å². The Labute approximate surface area is 188 Å². The Kier molecular flexibility index (Phi) is 6.13. The third kappa shape index (κ3) is 4.45. The molecule has 170 valence electrons. The zero-order chi connectivity index (χ0) is 22.9. The monoisotopic (exact) mass is 437 g/mol. The summed E-state index contributed by atoms with van der Waals surface area (Å²) in [5.74, 6) is -0.334. The third-order valence-corrected chi connectivity index (χ3v) is 6.04. The van der Waals surface area contributed by atoms with Gasteiger partial charge < -0.3 is 18.5 Å². The van der Waals surface area contributed by atoms with E-state index in [-0.39, 0.29) is 12.5 Å². The van der Waals surface area contributed by atoms with Crippen LogP contribution >= 0.6 is 0 Å². The molecule has 0 radical (unpaired) electrons. The molecule has 0 aliphatic heterocycles. The van der Waals surface area contributed by atoms with Crippen LogP contribution in [0.15, 0.2) is 41.2 Å². The van der Waals surface area contributed by atoms with E-state index in [2.05, 4.69) is 0 Å². The lowest BCUT2D eigenvalue weighted by Gasteiger charge is -2.23. The first-order valence-corrected chi connectivity index (χ1v) is 11.3. The second-order valence-corrected chi connectivity index (χ2v) is 9.51. The highest BCUT2D eigenvalue weighted by molar-refractivity contribution is 5.99. The Morgan fingerprint density at radius 3 is 2.50 bits per heavy atom. The first-order chi connectivity index (χ1) is 15.3. The number of fused-ring (bicyclic) bond motifs is 1. The van der Waals surface area contributed by atoms with Crippen LogP contribution < -0.4 is 0 Å². The van der Waals surface area contributed by atoms with Gasteiger partial charge in [0, 0.05) is 10.9 Å². The molecule has 1 aromatic carbocycles. The molecule has 1 fully saturated rings. The molecule has 3 aromatic rings. The Bertz CT molecular complexity index is 1110.